The maximum absolute atomic E-state index is 12.2. The second-order valence-corrected chi connectivity index (χ2v) is 8.93. The van der Waals surface area contributed by atoms with Gasteiger partial charge in [0, 0.05) is 25.0 Å². The normalized spacial score (nSPS) is 27.6. The molecule has 2 atom stereocenters. The molecule has 0 saturated carbocycles. The molecular formula is C15H26N4O3S. The maximum Gasteiger partial charge on any atom is 0.243 e. The van der Waals surface area contributed by atoms with Gasteiger partial charge < -0.3 is 4.52 Å². The first kappa shape index (κ1) is 16.9. The molecule has 1 aromatic rings. The van der Waals surface area contributed by atoms with Crippen LogP contribution in [0.3, 0.4) is 0 Å². The first-order valence-corrected chi connectivity index (χ1v) is 10.1. The third-order valence-corrected chi connectivity index (χ3v) is 6.85. The monoisotopic (exact) mass is 342 g/mol. The Morgan fingerprint density at radius 2 is 2.00 bits per heavy atom. The second-order valence-electron chi connectivity index (χ2n) is 6.89. The predicted octanol–water partition coefficient (Wildman–Crippen LogP) is 1.75. The Kier molecular flexibility index (Phi) is 4.75. The summed E-state index contributed by atoms with van der Waals surface area (Å²) < 4.78 is 31.4. The molecule has 2 saturated heterocycles. The van der Waals surface area contributed by atoms with E-state index in [2.05, 4.69) is 22.0 Å². The topological polar surface area (TPSA) is 79.5 Å². The largest absolute Gasteiger partial charge is 0.338 e. The van der Waals surface area contributed by atoms with Crippen LogP contribution in [0.5, 0.6) is 0 Å². The summed E-state index contributed by atoms with van der Waals surface area (Å²) in [5.74, 6) is 1.88. The van der Waals surface area contributed by atoms with Crippen LogP contribution in [0.4, 0.5) is 0 Å². The van der Waals surface area contributed by atoms with E-state index in [1.54, 1.807) is 4.31 Å². The number of sulfonamides is 1. The fourth-order valence-electron chi connectivity index (χ4n) is 3.45. The van der Waals surface area contributed by atoms with Crippen molar-refractivity contribution in [1.82, 2.24) is 19.3 Å². The zero-order chi connectivity index (χ0) is 16.6. The molecule has 2 fully saturated rings. The van der Waals surface area contributed by atoms with Gasteiger partial charge in [-0.25, -0.2) is 8.42 Å². The lowest BCUT2D eigenvalue weighted by molar-refractivity contribution is 0.100. The number of aromatic nitrogens is 2. The quantitative estimate of drug-likeness (QED) is 0.829. The Hall–Kier alpha value is -0.990. The molecule has 0 spiro atoms. The van der Waals surface area contributed by atoms with Crippen molar-refractivity contribution in [3.8, 4) is 0 Å². The molecule has 2 unspecified atom stereocenters. The molecule has 8 heteroatoms. The molecule has 0 radical (unpaired) electrons. The molecule has 3 heterocycles. The van der Waals surface area contributed by atoms with Gasteiger partial charge in [-0.05, 0) is 32.7 Å². The van der Waals surface area contributed by atoms with Crippen LogP contribution in [0.25, 0.3) is 0 Å². The average molecular weight is 342 g/mol. The molecule has 0 amide bonds. The van der Waals surface area contributed by atoms with Crippen molar-refractivity contribution >= 4 is 10.0 Å². The summed E-state index contributed by atoms with van der Waals surface area (Å²) in [6.45, 7) is 8.46. The molecule has 2 aliphatic heterocycles. The van der Waals surface area contributed by atoms with Gasteiger partial charge in [0.05, 0.1) is 11.8 Å². The van der Waals surface area contributed by atoms with Crippen LogP contribution in [0, 0.1) is 0 Å². The van der Waals surface area contributed by atoms with E-state index in [-0.39, 0.29) is 18.0 Å². The third kappa shape index (κ3) is 3.44. The minimum absolute atomic E-state index is 0.0168. The predicted molar refractivity (Wildman–Crippen MR) is 86.5 cm³/mol. The first-order chi connectivity index (χ1) is 10.9. The number of piperidine rings is 1. The van der Waals surface area contributed by atoms with Gasteiger partial charge in [-0.1, -0.05) is 19.0 Å². The highest BCUT2D eigenvalue weighted by atomic mass is 32.2. The van der Waals surface area contributed by atoms with E-state index < -0.39 is 10.0 Å². The lowest BCUT2D eigenvalue weighted by Crippen LogP contribution is -2.49. The van der Waals surface area contributed by atoms with E-state index in [1.807, 2.05) is 13.8 Å². The van der Waals surface area contributed by atoms with Crippen LogP contribution in [-0.4, -0.2) is 59.2 Å². The Balaban J connectivity index is 1.70. The lowest BCUT2D eigenvalue weighted by atomic mass is 10.0. The minimum Gasteiger partial charge on any atom is -0.338 e. The van der Waals surface area contributed by atoms with E-state index in [4.69, 9.17) is 4.52 Å². The van der Waals surface area contributed by atoms with Crippen LogP contribution in [0.1, 0.15) is 63.7 Å². The van der Waals surface area contributed by atoms with Gasteiger partial charge in [0.1, 0.15) is 0 Å². The van der Waals surface area contributed by atoms with E-state index in [0.29, 0.717) is 18.2 Å². The van der Waals surface area contributed by atoms with Crippen molar-refractivity contribution in [2.24, 2.45) is 0 Å². The summed E-state index contributed by atoms with van der Waals surface area (Å²) in [7, 11) is -3.05. The summed E-state index contributed by atoms with van der Waals surface area (Å²) in [5.41, 5.74) is 0. The first-order valence-electron chi connectivity index (χ1n) is 8.45. The molecule has 0 N–H and O–H groups in total. The summed E-state index contributed by atoms with van der Waals surface area (Å²) in [5, 5.41) is 4.03. The maximum atomic E-state index is 12.2. The van der Waals surface area contributed by atoms with Gasteiger partial charge in [0.2, 0.25) is 15.9 Å². The van der Waals surface area contributed by atoms with Gasteiger partial charge in [0.15, 0.2) is 5.82 Å². The molecule has 0 aromatic carbocycles. The van der Waals surface area contributed by atoms with Crippen LogP contribution in [0.15, 0.2) is 4.52 Å². The molecule has 7 nitrogen and oxygen atoms in total. The van der Waals surface area contributed by atoms with Crippen molar-refractivity contribution < 1.29 is 12.9 Å². The Bertz CT molecular complexity index is 643. The standard InChI is InChI=1S/C15H26N4O3S/c1-11(2)14-16-15(22-17-14)12(3)18-7-4-6-13(10-18)19-8-5-9-23(19,20)21/h11-13H,4-10H2,1-3H3. The highest BCUT2D eigenvalue weighted by Crippen LogP contribution is 2.28. The molecule has 1 aromatic heterocycles. The lowest BCUT2D eigenvalue weighted by Gasteiger charge is -2.38. The third-order valence-electron chi connectivity index (χ3n) is 4.85. The van der Waals surface area contributed by atoms with Gasteiger partial charge in [-0.3, -0.25) is 4.90 Å². The number of hydrogen-bond acceptors (Lipinski definition) is 6. The number of nitrogens with zero attached hydrogens (tertiary/aromatic N) is 4. The molecule has 0 aliphatic carbocycles. The van der Waals surface area contributed by atoms with Crippen molar-refractivity contribution in [1.29, 1.82) is 0 Å². The molecule has 23 heavy (non-hydrogen) atoms. The van der Waals surface area contributed by atoms with E-state index >= 15 is 0 Å². The zero-order valence-corrected chi connectivity index (χ0v) is 14.9. The molecule has 2 aliphatic rings. The summed E-state index contributed by atoms with van der Waals surface area (Å²) in [4.78, 5) is 6.75. The van der Waals surface area contributed by atoms with E-state index in [1.165, 1.54) is 0 Å². The zero-order valence-electron chi connectivity index (χ0n) is 14.1. The fourth-order valence-corrected chi connectivity index (χ4v) is 5.21. The molecular weight excluding hydrogens is 316 g/mol. The SMILES string of the molecule is CC(C)c1noc(C(C)N2CCCC(N3CCCS3(=O)=O)C2)n1. The second kappa shape index (κ2) is 6.49. The van der Waals surface area contributed by atoms with Crippen LogP contribution >= 0.6 is 0 Å². The number of rotatable bonds is 4. The highest BCUT2D eigenvalue weighted by molar-refractivity contribution is 7.89. The number of hydrogen-bond donors (Lipinski definition) is 0. The van der Waals surface area contributed by atoms with Gasteiger partial charge in [-0.2, -0.15) is 9.29 Å². The van der Waals surface area contributed by atoms with Crippen LogP contribution in [-0.2, 0) is 10.0 Å². The van der Waals surface area contributed by atoms with Crippen molar-refractivity contribution in [2.45, 2.75) is 58.0 Å². The smallest absolute Gasteiger partial charge is 0.243 e. The fraction of sp³-hybridized carbons (Fsp3) is 0.867. The van der Waals surface area contributed by atoms with Gasteiger partial charge in [0.25, 0.3) is 0 Å². The highest BCUT2D eigenvalue weighted by Gasteiger charge is 2.38. The van der Waals surface area contributed by atoms with E-state index in [0.717, 1.165) is 38.2 Å². The van der Waals surface area contributed by atoms with Gasteiger partial charge >= 0.3 is 0 Å². The minimum atomic E-state index is -3.05. The van der Waals surface area contributed by atoms with Crippen molar-refractivity contribution in [3.63, 3.8) is 0 Å². The van der Waals surface area contributed by atoms with Gasteiger partial charge in [-0.15, -0.1) is 0 Å². The van der Waals surface area contributed by atoms with E-state index in [9.17, 15) is 8.42 Å². The Morgan fingerprint density at radius 3 is 2.61 bits per heavy atom. The molecule has 3 rings (SSSR count). The summed E-state index contributed by atoms with van der Waals surface area (Å²) in [6.07, 6.45) is 2.67. The van der Waals surface area contributed by atoms with Crippen LogP contribution in [0.2, 0.25) is 0 Å². The summed E-state index contributed by atoms with van der Waals surface area (Å²) in [6, 6.07) is 0.0919. The van der Waals surface area contributed by atoms with Crippen LogP contribution < -0.4 is 0 Å². The molecule has 0 bridgehead atoms. The number of likely N-dealkylation sites (tertiary alicyclic amines) is 1. The van der Waals surface area contributed by atoms with Crippen molar-refractivity contribution in [3.05, 3.63) is 11.7 Å². The molecule has 130 valence electrons. The van der Waals surface area contributed by atoms with Crippen molar-refractivity contribution in [2.75, 3.05) is 25.4 Å². The Morgan fingerprint density at radius 1 is 1.22 bits per heavy atom. The Labute approximate surface area is 138 Å². The summed E-state index contributed by atoms with van der Waals surface area (Å²) >= 11 is 0. The average Bonchev–Trinajstić information content (AvgIpc) is 3.13.